The number of carbonyl (C=O) groups is 3. The van der Waals surface area contributed by atoms with Crippen LogP contribution in [0, 0.1) is 12.7 Å². The zero-order valence-corrected chi connectivity index (χ0v) is 18.5. The summed E-state index contributed by atoms with van der Waals surface area (Å²) >= 11 is 6.99. The molecular weight excluding hydrogens is 455 g/mol. The van der Waals surface area contributed by atoms with E-state index in [-0.39, 0.29) is 34.1 Å². The van der Waals surface area contributed by atoms with Gasteiger partial charge in [0.25, 0.3) is 11.8 Å². The van der Waals surface area contributed by atoms with Crippen LogP contribution in [0.4, 0.5) is 9.39 Å². The first-order valence-corrected chi connectivity index (χ1v) is 10.9. The van der Waals surface area contributed by atoms with Crippen molar-refractivity contribution in [3.63, 3.8) is 0 Å². The zero-order valence-electron chi connectivity index (χ0n) is 16.9. The Morgan fingerprint density at radius 1 is 1.16 bits per heavy atom. The van der Waals surface area contributed by atoms with Gasteiger partial charge in [-0.05, 0) is 60.9 Å². The molecule has 0 aliphatic carbocycles. The molecule has 6 nitrogen and oxygen atoms in total. The van der Waals surface area contributed by atoms with Crippen LogP contribution in [0.3, 0.4) is 0 Å². The fourth-order valence-corrected chi connectivity index (χ4v) is 5.05. The fourth-order valence-electron chi connectivity index (χ4n) is 3.68. The van der Waals surface area contributed by atoms with Gasteiger partial charge in [0.1, 0.15) is 10.8 Å². The molecule has 0 unspecified atom stereocenters. The van der Waals surface area contributed by atoms with Crippen molar-refractivity contribution in [2.24, 2.45) is 0 Å². The van der Waals surface area contributed by atoms with Crippen molar-refractivity contribution >= 4 is 45.7 Å². The zero-order chi connectivity index (χ0) is 23.0. The first kappa shape index (κ1) is 22.0. The van der Waals surface area contributed by atoms with Gasteiger partial charge < -0.3 is 15.3 Å². The van der Waals surface area contributed by atoms with Crippen LogP contribution < -0.4 is 5.32 Å². The number of carbonyl (C=O) groups excluding carboxylic acids is 2. The molecule has 0 fully saturated rings. The maximum absolute atomic E-state index is 13.9. The van der Waals surface area contributed by atoms with Crippen LogP contribution in [-0.4, -0.2) is 34.3 Å². The molecule has 2 aromatic carbocycles. The quantitative estimate of drug-likeness (QED) is 0.559. The minimum atomic E-state index is -1.14. The Kier molecular flexibility index (Phi) is 5.99. The second-order valence-corrected chi connectivity index (χ2v) is 8.90. The average Bonchev–Trinajstić information content (AvgIpc) is 3.12. The molecule has 4 rings (SSSR count). The average molecular weight is 473 g/mol. The van der Waals surface area contributed by atoms with E-state index in [9.17, 15) is 23.9 Å². The first-order valence-electron chi connectivity index (χ1n) is 9.75. The van der Waals surface area contributed by atoms with E-state index in [1.807, 2.05) is 0 Å². The van der Waals surface area contributed by atoms with Gasteiger partial charge in [0.05, 0.1) is 12.1 Å². The van der Waals surface area contributed by atoms with Crippen molar-refractivity contribution < 1.29 is 23.9 Å². The molecule has 0 radical (unpaired) electrons. The summed E-state index contributed by atoms with van der Waals surface area (Å²) in [5.74, 6) is -2.37. The van der Waals surface area contributed by atoms with E-state index < -0.39 is 17.7 Å². The number of hydrogen-bond acceptors (Lipinski definition) is 4. The number of nitrogens with zero attached hydrogens (tertiary/aromatic N) is 1. The molecule has 164 valence electrons. The molecule has 0 spiro atoms. The van der Waals surface area contributed by atoms with E-state index in [4.69, 9.17) is 11.6 Å². The molecule has 1 aliphatic rings. The molecule has 9 heteroatoms. The number of halogens is 2. The number of carboxylic acids is 1. The lowest BCUT2D eigenvalue weighted by atomic mass is 10.0. The SMILES string of the molecule is Cc1c(F)cccc1C(=O)N1CCc2c(sc(NC(=O)c3ccc(Cl)cc3)c2C(=O)O)C1. The van der Waals surface area contributed by atoms with E-state index in [1.54, 1.807) is 42.2 Å². The van der Waals surface area contributed by atoms with Gasteiger partial charge in [0.15, 0.2) is 0 Å². The maximum atomic E-state index is 13.9. The molecule has 2 amide bonds. The highest BCUT2D eigenvalue weighted by Crippen LogP contribution is 2.38. The Morgan fingerprint density at radius 2 is 1.88 bits per heavy atom. The van der Waals surface area contributed by atoms with E-state index in [1.165, 1.54) is 12.1 Å². The van der Waals surface area contributed by atoms with Gasteiger partial charge in [0.2, 0.25) is 0 Å². The Labute approximate surface area is 192 Å². The highest BCUT2D eigenvalue weighted by Gasteiger charge is 2.31. The Balaban J connectivity index is 1.61. The Bertz CT molecular complexity index is 1240. The van der Waals surface area contributed by atoms with E-state index >= 15 is 0 Å². The van der Waals surface area contributed by atoms with E-state index in [0.717, 1.165) is 11.3 Å². The minimum Gasteiger partial charge on any atom is -0.478 e. The van der Waals surface area contributed by atoms with Crippen LogP contribution in [0.15, 0.2) is 42.5 Å². The van der Waals surface area contributed by atoms with Crippen molar-refractivity contribution in [3.8, 4) is 0 Å². The smallest absolute Gasteiger partial charge is 0.339 e. The molecule has 32 heavy (non-hydrogen) atoms. The van der Waals surface area contributed by atoms with Crippen molar-refractivity contribution in [2.75, 3.05) is 11.9 Å². The van der Waals surface area contributed by atoms with Crippen molar-refractivity contribution in [3.05, 3.63) is 86.0 Å². The summed E-state index contributed by atoms with van der Waals surface area (Å²) in [5.41, 5.74) is 1.54. The summed E-state index contributed by atoms with van der Waals surface area (Å²) in [4.78, 5) is 39.8. The number of hydrogen-bond donors (Lipinski definition) is 2. The summed E-state index contributed by atoms with van der Waals surface area (Å²) in [5, 5.41) is 13.2. The summed E-state index contributed by atoms with van der Waals surface area (Å²) in [7, 11) is 0. The minimum absolute atomic E-state index is 0.0429. The Morgan fingerprint density at radius 3 is 2.56 bits per heavy atom. The third-order valence-electron chi connectivity index (χ3n) is 5.39. The second kappa shape index (κ2) is 8.72. The molecule has 0 bridgehead atoms. The molecular formula is C23H18ClFN2O4S. The third-order valence-corrected chi connectivity index (χ3v) is 6.77. The highest BCUT2D eigenvalue weighted by atomic mass is 35.5. The maximum Gasteiger partial charge on any atom is 0.339 e. The highest BCUT2D eigenvalue weighted by molar-refractivity contribution is 7.17. The van der Waals surface area contributed by atoms with Gasteiger partial charge in [-0.25, -0.2) is 9.18 Å². The van der Waals surface area contributed by atoms with E-state index in [0.29, 0.717) is 34.0 Å². The topological polar surface area (TPSA) is 86.7 Å². The lowest BCUT2D eigenvalue weighted by Gasteiger charge is -2.27. The third kappa shape index (κ3) is 4.11. The predicted molar refractivity (Wildman–Crippen MR) is 120 cm³/mol. The summed E-state index contributed by atoms with van der Waals surface area (Å²) in [6, 6.07) is 10.6. The van der Waals surface area contributed by atoms with Gasteiger partial charge >= 0.3 is 5.97 Å². The van der Waals surface area contributed by atoms with Crippen molar-refractivity contribution in [1.29, 1.82) is 0 Å². The number of amides is 2. The van der Waals surface area contributed by atoms with E-state index in [2.05, 4.69) is 5.32 Å². The second-order valence-electron chi connectivity index (χ2n) is 7.36. The first-order chi connectivity index (χ1) is 15.3. The number of anilines is 1. The van der Waals surface area contributed by atoms with Crippen LogP contribution in [-0.2, 0) is 13.0 Å². The molecule has 3 aromatic rings. The number of benzene rings is 2. The van der Waals surface area contributed by atoms with Crippen LogP contribution >= 0.6 is 22.9 Å². The Hall–Kier alpha value is -3.23. The van der Waals surface area contributed by atoms with Crippen LogP contribution in [0.1, 0.15) is 47.1 Å². The number of carboxylic acid groups (broad SMARTS) is 1. The number of aromatic carboxylic acids is 1. The van der Waals surface area contributed by atoms with Gasteiger partial charge in [-0.15, -0.1) is 11.3 Å². The number of fused-ring (bicyclic) bond motifs is 1. The number of rotatable bonds is 4. The molecule has 0 atom stereocenters. The number of nitrogens with one attached hydrogen (secondary N) is 1. The molecule has 1 aliphatic heterocycles. The number of thiophene rings is 1. The van der Waals surface area contributed by atoms with Crippen molar-refractivity contribution in [1.82, 2.24) is 4.90 Å². The largest absolute Gasteiger partial charge is 0.478 e. The lowest BCUT2D eigenvalue weighted by Crippen LogP contribution is -2.36. The summed E-state index contributed by atoms with van der Waals surface area (Å²) < 4.78 is 13.9. The summed E-state index contributed by atoms with van der Waals surface area (Å²) in [6.07, 6.45) is 0.324. The van der Waals surface area contributed by atoms with Crippen LogP contribution in [0.25, 0.3) is 0 Å². The van der Waals surface area contributed by atoms with Crippen LogP contribution in [0.2, 0.25) is 5.02 Å². The molecule has 0 saturated carbocycles. The van der Waals surface area contributed by atoms with Crippen molar-refractivity contribution in [2.45, 2.75) is 19.9 Å². The molecule has 0 saturated heterocycles. The lowest BCUT2D eigenvalue weighted by molar-refractivity contribution is 0.0696. The van der Waals surface area contributed by atoms with Gasteiger partial charge in [0, 0.05) is 27.6 Å². The predicted octanol–water partition coefficient (Wildman–Crippen LogP) is 5.00. The molecule has 2 heterocycles. The van der Waals surface area contributed by atoms with Gasteiger partial charge in [-0.1, -0.05) is 17.7 Å². The fraction of sp³-hybridized carbons (Fsp3) is 0.174. The normalized spacial score (nSPS) is 12.9. The van der Waals surface area contributed by atoms with Gasteiger partial charge in [-0.3, -0.25) is 9.59 Å². The summed E-state index contributed by atoms with van der Waals surface area (Å²) in [6.45, 7) is 2.03. The van der Waals surface area contributed by atoms with Crippen LogP contribution in [0.5, 0.6) is 0 Å². The monoisotopic (exact) mass is 472 g/mol. The molecule has 2 N–H and O–H groups in total. The standard InChI is InChI=1S/C23H18ClFN2O4S/c1-12-15(3-2-4-17(12)25)22(29)27-10-9-16-18(11-27)32-21(19(16)23(30)31)26-20(28)13-5-7-14(24)8-6-13/h2-8H,9-11H2,1H3,(H,26,28)(H,30,31). The van der Waals surface area contributed by atoms with Gasteiger partial charge in [-0.2, -0.15) is 0 Å². The molecule has 1 aromatic heterocycles.